The van der Waals surface area contributed by atoms with Crippen molar-refractivity contribution in [2.45, 2.75) is 23.8 Å². The predicted octanol–water partition coefficient (Wildman–Crippen LogP) is 0.679. The summed E-state index contributed by atoms with van der Waals surface area (Å²) < 4.78 is 31.7. The normalized spacial score (nSPS) is 20.4. The van der Waals surface area contributed by atoms with Crippen molar-refractivity contribution in [1.82, 2.24) is 4.31 Å². The summed E-state index contributed by atoms with van der Waals surface area (Å²) in [7, 11) is -2.26. The third-order valence-electron chi connectivity index (χ3n) is 3.33. The Kier molecular flexibility index (Phi) is 4.28. The maximum absolute atomic E-state index is 12.6. The molecule has 0 bridgehead atoms. The zero-order chi connectivity index (χ0) is 14.8. The minimum Gasteiger partial charge on any atom is -0.495 e. The Labute approximate surface area is 118 Å². The topological polar surface area (TPSA) is 96.4 Å². The summed E-state index contributed by atoms with van der Waals surface area (Å²) in [5.41, 5.74) is 6.19. The van der Waals surface area contributed by atoms with Gasteiger partial charge in [0.1, 0.15) is 10.6 Å². The Morgan fingerprint density at radius 3 is 2.85 bits per heavy atom. The molecule has 2 rings (SSSR count). The Balaban J connectivity index is 2.41. The van der Waals surface area contributed by atoms with Gasteiger partial charge in [-0.1, -0.05) is 0 Å². The van der Waals surface area contributed by atoms with E-state index in [9.17, 15) is 8.42 Å². The first-order valence-electron chi connectivity index (χ1n) is 6.33. The minimum atomic E-state index is -3.64. The van der Waals surface area contributed by atoms with Crippen molar-refractivity contribution in [3.05, 3.63) is 23.8 Å². The highest BCUT2D eigenvalue weighted by Crippen LogP contribution is 2.29. The van der Waals surface area contributed by atoms with Crippen LogP contribution in [-0.2, 0) is 10.0 Å². The van der Waals surface area contributed by atoms with E-state index in [1.165, 1.54) is 29.6 Å². The number of piperidine rings is 1. The Morgan fingerprint density at radius 1 is 1.50 bits per heavy atom. The summed E-state index contributed by atoms with van der Waals surface area (Å²) in [5, 5.41) is 8.85. The van der Waals surface area contributed by atoms with Crippen LogP contribution in [-0.4, -0.2) is 39.0 Å². The summed E-state index contributed by atoms with van der Waals surface area (Å²) in [6, 6.07) is 6.13. The molecule has 1 atom stereocenters. The minimum absolute atomic E-state index is 0.0769. The molecule has 7 heteroatoms. The van der Waals surface area contributed by atoms with Gasteiger partial charge in [-0.2, -0.15) is 9.57 Å². The molecule has 1 aliphatic rings. The molecule has 0 saturated carbocycles. The van der Waals surface area contributed by atoms with E-state index in [1.54, 1.807) is 0 Å². The van der Waals surface area contributed by atoms with Crippen molar-refractivity contribution in [1.29, 1.82) is 5.26 Å². The monoisotopic (exact) mass is 295 g/mol. The van der Waals surface area contributed by atoms with Crippen molar-refractivity contribution in [3.63, 3.8) is 0 Å². The van der Waals surface area contributed by atoms with Crippen molar-refractivity contribution in [2.75, 3.05) is 20.2 Å². The fourth-order valence-electron chi connectivity index (χ4n) is 2.28. The molecule has 108 valence electrons. The molecule has 0 aliphatic carbocycles. The maximum atomic E-state index is 12.6. The summed E-state index contributed by atoms with van der Waals surface area (Å²) in [4.78, 5) is 0.0769. The quantitative estimate of drug-likeness (QED) is 0.884. The molecule has 1 fully saturated rings. The van der Waals surface area contributed by atoms with Gasteiger partial charge in [-0.3, -0.25) is 0 Å². The highest BCUT2D eigenvalue weighted by atomic mass is 32.2. The van der Waals surface area contributed by atoms with Gasteiger partial charge in [0, 0.05) is 19.1 Å². The highest BCUT2D eigenvalue weighted by Gasteiger charge is 2.31. The molecule has 1 unspecified atom stereocenters. The third-order valence-corrected chi connectivity index (χ3v) is 5.24. The first-order valence-corrected chi connectivity index (χ1v) is 7.77. The second-order valence-electron chi connectivity index (χ2n) is 4.74. The van der Waals surface area contributed by atoms with Gasteiger partial charge < -0.3 is 10.5 Å². The summed E-state index contributed by atoms with van der Waals surface area (Å²) in [6.07, 6.45) is 1.58. The molecule has 2 N–H and O–H groups in total. The number of nitriles is 1. The van der Waals surface area contributed by atoms with Crippen LogP contribution in [0.2, 0.25) is 0 Å². The number of nitrogens with zero attached hydrogens (tertiary/aromatic N) is 2. The average Bonchev–Trinajstić information content (AvgIpc) is 2.46. The van der Waals surface area contributed by atoms with Gasteiger partial charge in [0.05, 0.1) is 18.7 Å². The number of hydrogen-bond donors (Lipinski definition) is 1. The molecule has 0 aromatic heterocycles. The fourth-order valence-corrected chi connectivity index (χ4v) is 3.95. The molecule has 1 saturated heterocycles. The van der Waals surface area contributed by atoms with Crippen LogP contribution in [0.25, 0.3) is 0 Å². The number of rotatable bonds is 3. The van der Waals surface area contributed by atoms with Crippen LogP contribution in [0.4, 0.5) is 0 Å². The number of benzene rings is 1. The summed E-state index contributed by atoms with van der Waals surface area (Å²) in [6.45, 7) is 0.769. The Bertz CT molecular complexity index is 637. The Morgan fingerprint density at radius 2 is 2.25 bits per heavy atom. The SMILES string of the molecule is COc1cc(C#N)ccc1S(=O)(=O)N1CCCC(N)C1. The van der Waals surface area contributed by atoms with Crippen LogP contribution in [0.5, 0.6) is 5.75 Å². The van der Waals surface area contributed by atoms with Gasteiger partial charge in [0.2, 0.25) is 10.0 Å². The van der Waals surface area contributed by atoms with Crippen LogP contribution < -0.4 is 10.5 Å². The molecule has 0 radical (unpaired) electrons. The molecular formula is C13H17N3O3S. The van der Waals surface area contributed by atoms with E-state index in [1.807, 2.05) is 6.07 Å². The molecule has 0 amide bonds. The van der Waals surface area contributed by atoms with Crippen LogP contribution in [0.15, 0.2) is 23.1 Å². The zero-order valence-electron chi connectivity index (χ0n) is 11.2. The molecule has 0 spiro atoms. The van der Waals surface area contributed by atoms with Crippen molar-refractivity contribution in [3.8, 4) is 11.8 Å². The lowest BCUT2D eigenvalue weighted by Gasteiger charge is -2.30. The van der Waals surface area contributed by atoms with Crippen molar-refractivity contribution >= 4 is 10.0 Å². The first-order chi connectivity index (χ1) is 9.48. The zero-order valence-corrected chi connectivity index (χ0v) is 12.1. The van der Waals surface area contributed by atoms with Gasteiger partial charge in [0.15, 0.2) is 0 Å². The van der Waals surface area contributed by atoms with Crippen LogP contribution >= 0.6 is 0 Å². The van der Waals surface area contributed by atoms with E-state index in [2.05, 4.69) is 0 Å². The van der Waals surface area contributed by atoms with E-state index in [4.69, 9.17) is 15.7 Å². The van der Waals surface area contributed by atoms with E-state index in [0.717, 1.165) is 12.8 Å². The number of methoxy groups -OCH3 is 1. The van der Waals surface area contributed by atoms with E-state index in [0.29, 0.717) is 18.7 Å². The molecule has 1 aromatic rings. The fraction of sp³-hybridized carbons (Fsp3) is 0.462. The molecular weight excluding hydrogens is 278 g/mol. The van der Waals surface area contributed by atoms with E-state index >= 15 is 0 Å². The number of ether oxygens (including phenoxy) is 1. The molecule has 1 aromatic carbocycles. The first kappa shape index (κ1) is 14.8. The number of nitrogens with two attached hydrogens (primary N) is 1. The van der Waals surface area contributed by atoms with Crippen molar-refractivity contribution < 1.29 is 13.2 Å². The van der Waals surface area contributed by atoms with E-state index in [-0.39, 0.29) is 16.7 Å². The Hall–Kier alpha value is -1.62. The lowest BCUT2D eigenvalue weighted by molar-refractivity contribution is 0.314. The second kappa shape index (κ2) is 5.79. The molecule has 6 nitrogen and oxygen atoms in total. The van der Waals surface area contributed by atoms with Gasteiger partial charge in [-0.25, -0.2) is 8.42 Å². The predicted molar refractivity (Wildman–Crippen MR) is 73.7 cm³/mol. The number of sulfonamides is 1. The van der Waals surface area contributed by atoms with Crippen molar-refractivity contribution in [2.24, 2.45) is 5.73 Å². The average molecular weight is 295 g/mol. The third kappa shape index (κ3) is 2.77. The van der Waals surface area contributed by atoms with Gasteiger partial charge in [-0.05, 0) is 31.0 Å². The lowest BCUT2D eigenvalue weighted by Crippen LogP contribution is -2.45. The van der Waals surface area contributed by atoms with Crippen LogP contribution in [0.1, 0.15) is 18.4 Å². The number of hydrogen-bond acceptors (Lipinski definition) is 5. The summed E-state index contributed by atoms with van der Waals surface area (Å²) >= 11 is 0. The smallest absolute Gasteiger partial charge is 0.246 e. The second-order valence-corrected chi connectivity index (χ2v) is 6.65. The summed E-state index contributed by atoms with van der Waals surface area (Å²) in [5.74, 6) is 0.184. The van der Waals surface area contributed by atoms with Gasteiger partial charge in [-0.15, -0.1) is 0 Å². The largest absolute Gasteiger partial charge is 0.495 e. The van der Waals surface area contributed by atoms with Crippen LogP contribution in [0.3, 0.4) is 0 Å². The molecule has 1 heterocycles. The van der Waals surface area contributed by atoms with Gasteiger partial charge in [0.25, 0.3) is 0 Å². The van der Waals surface area contributed by atoms with Crippen LogP contribution in [0, 0.1) is 11.3 Å². The standard InChI is InChI=1S/C13H17N3O3S/c1-19-12-7-10(8-14)4-5-13(12)20(17,18)16-6-2-3-11(15)9-16/h4-5,7,11H,2-3,6,9,15H2,1H3. The highest BCUT2D eigenvalue weighted by molar-refractivity contribution is 7.89. The van der Waals surface area contributed by atoms with E-state index < -0.39 is 10.0 Å². The lowest BCUT2D eigenvalue weighted by atomic mass is 10.1. The maximum Gasteiger partial charge on any atom is 0.246 e. The molecule has 20 heavy (non-hydrogen) atoms. The molecule has 1 aliphatic heterocycles. The van der Waals surface area contributed by atoms with Gasteiger partial charge >= 0.3 is 0 Å².